The average molecular weight is 440 g/mol. The smallest absolute Gasteiger partial charge is 0.324 e. The van der Waals surface area contributed by atoms with E-state index >= 15 is 0 Å². The quantitative estimate of drug-likeness (QED) is 0.520. The third-order valence-corrected chi connectivity index (χ3v) is 5.80. The van der Waals surface area contributed by atoms with Crippen LogP contribution in [0.2, 0.25) is 0 Å². The van der Waals surface area contributed by atoms with Crippen LogP contribution in [0.4, 0.5) is 0 Å². The summed E-state index contributed by atoms with van der Waals surface area (Å²) in [6.07, 6.45) is 0. The fourth-order valence-corrected chi connectivity index (χ4v) is 3.25. The fourth-order valence-electron chi connectivity index (χ4n) is 1.95. The molecule has 2 rings (SSSR count). The monoisotopic (exact) mass is 439 g/mol. The minimum atomic E-state index is -4.02. The summed E-state index contributed by atoms with van der Waals surface area (Å²) in [5.74, 6) is 0.243. The van der Waals surface area contributed by atoms with Gasteiger partial charge in [0.25, 0.3) is 10.1 Å². The van der Waals surface area contributed by atoms with Gasteiger partial charge in [-0.3, -0.25) is 9.35 Å². The lowest BCUT2D eigenvalue weighted by atomic mass is 10.2. The zero-order valence-electron chi connectivity index (χ0n) is 17.2. The molecule has 1 atom stereocenters. The number of benzene rings is 2. The topological polar surface area (TPSA) is 107 Å². The van der Waals surface area contributed by atoms with E-state index in [1.165, 1.54) is 12.1 Å². The highest BCUT2D eigenvalue weighted by molar-refractivity contribution is 8.00. The predicted molar refractivity (Wildman–Crippen MR) is 117 cm³/mol. The van der Waals surface area contributed by atoms with Crippen molar-refractivity contribution in [3.05, 3.63) is 65.7 Å². The van der Waals surface area contributed by atoms with Crippen LogP contribution < -0.4 is 5.73 Å². The molecule has 0 saturated heterocycles. The van der Waals surface area contributed by atoms with E-state index in [-0.39, 0.29) is 22.2 Å². The van der Waals surface area contributed by atoms with Crippen LogP contribution in [0.1, 0.15) is 31.9 Å². The minimum Gasteiger partial charge on any atom is -0.460 e. The summed E-state index contributed by atoms with van der Waals surface area (Å²) in [4.78, 5) is 11.6. The largest absolute Gasteiger partial charge is 0.460 e. The fraction of sp³-hybridized carbons (Fsp3) is 0.381. The Labute approximate surface area is 177 Å². The Balaban J connectivity index is 0.000000326. The van der Waals surface area contributed by atoms with Gasteiger partial charge >= 0.3 is 5.97 Å². The Hall–Kier alpha value is -1.87. The van der Waals surface area contributed by atoms with Gasteiger partial charge < -0.3 is 10.5 Å². The number of hydrogen-bond donors (Lipinski definition) is 2. The Kier molecular flexibility index (Phi) is 9.85. The minimum absolute atomic E-state index is 0.0666. The molecule has 0 aliphatic heterocycles. The molecule has 2 aromatic carbocycles. The third-order valence-electron chi connectivity index (χ3n) is 3.54. The first kappa shape index (κ1) is 25.2. The SMILES string of the molecule is CC(C)(C)SCC(N)C(=O)OCc1ccccc1.Cc1ccc(S(=O)(=O)O)cc1. The highest BCUT2D eigenvalue weighted by Gasteiger charge is 2.19. The van der Waals surface area contributed by atoms with E-state index in [1.807, 2.05) is 37.3 Å². The van der Waals surface area contributed by atoms with E-state index in [1.54, 1.807) is 23.9 Å². The summed E-state index contributed by atoms with van der Waals surface area (Å²) in [5.41, 5.74) is 7.72. The summed E-state index contributed by atoms with van der Waals surface area (Å²) in [6.45, 7) is 8.42. The number of carbonyl (C=O) groups is 1. The number of carbonyl (C=O) groups excluding carboxylic acids is 1. The van der Waals surface area contributed by atoms with Crippen LogP contribution in [0.15, 0.2) is 59.5 Å². The number of ether oxygens (including phenoxy) is 1. The molecule has 0 spiro atoms. The maximum absolute atomic E-state index is 11.7. The van der Waals surface area contributed by atoms with Gasteiger partial charge in [0.15, 0.2) is 0 Å². The molecule has 0 aromatic heterocycles. The number of rotatable bonds is 6. The molecule has 8 heteroatoms. The average Bonchev–Trinajstić information content (AvgIpc) is 2.64. The Morgan fingerprint density at radius 2 is 1.66 bits per heavy atom. The van der Waals surface area contributed by atoms with Crippen molar-refractivity contribution in [1.29, 1.82) is 0 Å². The molecule has 0 radical (unpaired) electrons. The molecule has 0 aliphatic carbocycles. The summed E-state index contributed by atoms with van der Waals surface area (Å²) in [5, 5.41) is 0. The number of esters is 1. The zero-order chi connectivity index (χ0) is 22.1. The maximum atomic E-state index is 11.7. The lowest BCUT2D eigenvalue weighted by molar-refractivity contribution is -0.145. The van der Waals surface area contributed by atoms with E-state index < -0.39 is 16.2 Å². The van der Waals surface area contributed by atoms with Crippen molar-refractivity contribution in [2.75, 3.05) is 5.75 Å². The molecule has 3 N–H and O–H groups in total. The molecule has 0 bridgehead atoms. The van der Waals surface area contributed by atoms with Crippen LogP contribution >= 0.6 is 11.8 Å². The Bertz CT molecular complexity index is 860. The van der Waals surface area contributed by atoms with Crippen molar-refractivity contribution in [2.24, 2.45) is 5.73 Å². The molecule has 160 valence electrons. The van der Waals surface area contributed by atoms with Crippen LogP contribution in [0, 0.1) is 6.92 Å². The van der Waals surface area contributed by atoms with Gasteiger partial charge in [-0.1, -0.05) is 68.8 Å². The standard InChI is InChI=1S/C14H21NO2S.C7H8O3S/c1-14(2,3)18-10-12(15)13(16)17-9-11-7-5-4-6-8-11;1-6-2-4-7(5-3-6)11(8,9)10/h4-8,12H,9-10,15H2,1-3H3;2-5H,1H3,(H,8,9,10). The van der Waals surface area contributed by atoms with E-state index in [2.05, 4.69) is 20.8 Å². The lowest BCUT2D eigenvalue weighted by Crippen LogP contribution is -2.35. The summed E-state index contributed by atoms with van der Waals surface area (Å²) >= 11 is 1.67. The highest BCUT2D eigenvalue weighted by atomic mass is 32.2. The molecule has 2 aromatic rings. The molecule has 0 fully saturated rings. The molecular formula is C21H29NO5S2. The molecular weight excluding hydrogens is 410 g/mol. The van der Waals surface area contributed by atoms with Crippen molar-refractivity contribution in [3.63, 3.8) is 0 Å². The van der Waals surface area contributed by atoms with Gasteiger partial charge in [-0.15, -0.1) is 0 Å². The predicted octanol–water partition coefficient (Wildman–Crippen LogP) is 3.83. The molecule has 29 heavy (non-hydrogen) atoms. The second-order valence-corrected chi connectivity index (χ2v) is 10.7. The summed E-state index contributed by atoms with van der Waals surface area (Å²) < 4.78 is 34.8. The third kappa shape index (κ3) is 11.0. The maximum Gasteiger partial charge on any atom is 0.324 e. The van der Waals surface area contributed by atoms with Crippen molar-refractivity contribution in [2.45, 2.75) is 50.0 Å². The van der Waals surface area contributed by atoms with E-state index in [9.17, 15) is 13.2 Å². The van der Waals surface area contributed by atoms with Gasteiger partial charge in [0.1, 0.15) is 12.6 Å². The number of aryl methyl sites for hydroxylation is 1. The van der Waals surface area contributed by atoms with Crippen molar-refractivity contribution in [1.82, 2.24) is 0 Å². The van der Waals surface area contributed by atoms with Crippen molar-refractivity contribution >= 4 is 27.8 Å². The number of nitrogens with two attached hydrogens (primary N) is 1. The normalized spacial score (nSPS) is 12.5. The lowest BCUT2D eigenvalue weighted by Gasteiger charge is -2.19. The molecule has 0 amide bonds. The Morgan fingerprint density at radius 3 is 2.14 bits per heavy atom. The van der Waals surface area contributed by atoms with Crippen LogP contribution in [-0.2, 0) is 26.3 Å². The highest BCUT2D eigenvalue weighted by Crippen LogP contribution is 2.23. The van der Waals surface area contributed by atoms with Crippen LogP contribution in [0.25, 0.3) is 0 Å². The number of hydrogen-bond acceptors (Lipinski definition) is 6. The van der Waals surface area contributed by atoms with Crippen LogP contribution in [0.5, 0.6) is 0 Å². The Morgan fingerprint density at radius 1 is 1.10 bits per heavy atom. The molecule has 0 aliphatic rings. The second kappa shape index (κ2) is 11.3. The first-order chi connectivity index (χ1) is 13.4. The second-order valence-electron chi connectivity index (χ2n) is 7.41. The van der Waals surface area contributed by atoms with Gasteiger partial charge in [-0.2, -0.15) is 20.2 Å². The van der Waals surface area contributed by atoms with Crippen molar-refractivity contribution < 1.29 is 22.5 Å². The van der Waals surface area contributed by atoms with Gasteiger partial charge in [-0.25, -0.2) is 0 Å². The van der Waals surface area contributed by atoms with E-state index in [0.717, 1.165) is 11.1 Å². The number of thioether (sulfide) groups is 1. The first-order valence-corrected chi connectivity index (χ1v) is 11.5. The molecule has 0 heterocycles. The zero-order valence-corrected chi connectivity index (χ0v) is 18.8. The molecule has 6 nitrogen and oxygen atoms in total. The molecule has 1 unspecified atom stereocenters. The van der Waals surface area contributed by atoms with Gasteiger partial charge in [0, 0.05) is 10.5 Å². The van der Waals surface area contributed by atoms with Crippen LogP contribution in [0.3, 0.4) is 0 Å². The van der Waals surface area contributed by atoms with Crippen LogP contribution in [-0.4, -0.2) is 35.5 Å². The molecule has 0 saturated carbocycles. The summed E-state index contributed by atoms with van der Waals surface area (Å²) in [7, 11) is -4.02. The van der Waals surface area contributed by atoms with E-state index in [0.29, 0.717) is 5.75 Å². The van der Waals surface area contributed by atoms with Crippen molar-refractivity contribution in [3.8, 4) is 0 Å². The van der Waals surface area contributed by atoms with Gasteiger partial charge in [0.2, 0.25) is 0 Å². The first-order valence-electron chi connectivity index (χ1n) is 9.03. The van der Waals surface area contributed by atoms with Gasteiger partial charge in [-0.05, 0) is 24.6 Å². The van der Waals surface area contributed by atoms with Gasteiger partial charge in [0.05, 0.1) is 4.90 Å². The van der Waals surface area contributed by atoms with E-state index in [4.69, 9.17) is 15.0 Å². The summed E-state index contributed by atoms with van der Waals surface area (Å²) in [6, 6.07) is 15.0.